The maximum absolute atomic E-state index is 13.2. The molecule has 0 amide bonds. The Morgan fingerprint density at radius 3 is 2.47 bits per heavy atom. The molecule has 0 aliphatic heterocycles. The van der Waals surface area contributed by atoms with Gasteiger partial charge in [-0.25, -0.2) is 4.98 Å². The van der Waals surface area contributed by atoms with Crippen molar-refractivity contribution in [3.8, 4) is 11.1 Å². The van der Waals surface area contributed by atoms with Crippen molar-refractivity contribution in [1.29, 1.82) is 0 Å². The highest BCUT2D eigenvalue weighted by atomic mass is 16.1. The molecule has 1 atom stereocenters. The molecule has 0 unspecified atom stereocenters. The van der Waals surface area contributed by atoms with E-state index in [2.05, 4.69) is 29.4 Å². The van der Waals surface area contributed by atoms with Crippen LogP contribution in [0.1, 0.15) is 37.9 Å². The van der Waals surface area contributed by atoms with Crippen molar-refractivity contribution < 1.29 is 0 Å². The topological polar surface area (TPSA) is 89.1 Å². The second kappa shape index (κ2) is 11.2. The third-order valence-electron chi connectivity index (χ3n) is 6.19. The smallest absolute Gasteiger partial charge is 0.258 e. The maximum Gasteiger partial charge on any atom is 0.258 e. The molecule has 0 aliphatic carbocycles. The Labute approximate surface area is 212 Å². The first-order chi connectivity index (χ1) is 17.4. The summed E-state index contributed by atoms with van der Waals surface area (Å²) >= 11 is 0. The summed E-state index contributed by atoms with van der Waals surface area (Å²) in [7, 11) is 1.95. The zero-order valence-electron chi connectivity index (χ0n) is 21.3. The second-order valence-corrected chi connectivity index (χ2v) is 9.36. The van der Waals surface area contributed by atoms with Crippen LogP contribution in [-0.2, 0) is 13.0 Å². The van der Waals surface area contributed by atoms with E-state index in [1.807, 2.05) is 86.6 Å². The Kier molecular flexibility index (Phi) is 7.80. The minimum Gasteiger partial charge on any atom is -0.351 e. The summed E-state index contributed by atoms with van der Waals surface area (Å²) in [6.07, 6.45) is 4.47. The molecule has 2 aromatic carbocycles. The Bertz CT molecular complexity index is 1370. The number of nitrogens with one attached hydrogen (secondary N) is 1. The van der Waals surface area contributed by atoms with Gasteiger partial charge in [0.1, 0.15) is 5.82 Å². The van der Waals surface area contributed by atoms with Crippen molar-refractivity contribution >= 4 is 17.5 Å². The van der Waals surface area contributed by atoms with Gasteiger partial charge in [-0.2, -0.15) is 4.98 Å². The SMILES string of the molecule is CC(C)n1cc(N(C)c2ccnc(N[C@@H](C)Cc3cccc(CN)c3)n2)cc(-c2ccccc2)c1=O. The van der Waals surface area contributed by atoms with Crippen molar-refractivity contribution in [3.63, 3.8) is 0 Å². The standard InChI is InChI=1S/C29H34N6O/c1-20(2)35-19-25(17-26(28(35)36)24-11-6-5-7-12-24)34(4)27-13-14-31-29(33-27)32-21(3)15-22-9-8-10-23(16-22)18-30/h5-14,16-17,19-21H,15,18,30H2,1-4H3,(H,31,32,33)/t21-/m0/s1. The van der Waals surface area contributed by atoms with E-state index >= 15 is 0 Å². The number of rotatable bonds is 9. The molecule has 3 N–H and O–H groups in total. The highest BCUT2D eigenvalue weighted by Crippen LogP contribution is 2.27. The van der Waals surface area contributed by atoms with Gasteiger partial charge in [0.15, 0.2) is 0 Å². The fraction of sp³-hybridized carbons (Fsp3) is 0.276. The van der Waals surface area contributed by atoms with E-state index in [1.54, 1.807) is 10.8 Å². The van der Waals surface area contributed by atoms with Gasteiger partial charge in [0, 0.05) is 43.6 Å². The average Bonchev–Trinajstić information content (AvgIpc) is 2.89. The molecular weight excluding hydrogens is 448 g/mol. The monoisotopic (exact) mass is 482 g/mol. The zero-order valence-corrected chi connectivity index (χ0v) is 21.3. The molecule has 2 heterocycles. The molecule has 4 rings (SSSR count). The van der Waals surface area contributed by atoms with Gasteiger partial charge in [0.25, 0.3) is 5.56 Å². The Hall–Kier alpha value is -3.97. The summed E-state index contributed by atoms with van der Waals surface area (Å²) in [5, 5.41) is 3.42. The first-order valence-corrected chi connectivity index (χ1v) is 12.3. The molecule has 0 fully saturated rings. The largest absolute Gasteiger partial charge is 0.351 e. The van der Waals surface area contributed by atoms with Gasteiger partial charge < -0.3 is 20.5 Å². The number of benzene rings is 2. The van der Waals surface area contributed by atoms with Crippen molar-refractivity contribution in [2.75, 3.05) is 17.3 Å². The number of hydrogen-bond acceptors (Lipinski definition) is 6. The molecule has 0 bridgehead atoms. The van der Waals surface area contributed by atoms with Crippen LogP contribution in [0.25, 0.3) is 11.1 Å². The van der Waals surface area contributed by atoms with Crippen LogP contribution in [0.15, 0.2) is 83.9 Å². The fourth-order valence-electron chi connectivity index (χ4n) is 4.22. The van der Waals surface area contributed by atoms with E-state index in [0.717, 1.165) is 29.1 Å². The highest BCUT2D eigenvalue weighted by Gasteiger charge is 2.15. The first-order valence-electron chi connectivity index (χ1n) is 12.3. The van der Waals surface area contributed by atoms with Crippen LogP contribution in [0.4, 0.5) is 17.5 Å². The lowest BCUT2D eigenvalue weighted by Gasteiger charge is -2.23. The molecule has 7 nitrogen and oxygen atoms in total. The van der Waals surface area contributed by atoms with Crippen molar-refractivity contribution in [2.24, 2.45) is 5.73 Å². The van der Waals surface area contributed by atoms with E-state index in [1.165, 1.54) is 5.56 Å². The number of aromatic nitrogens is 3. The second-order valence-electron chi connectivity index (χ2n) is 9.36. The Morgan fingerprint density at radius 2 is 1.75 bits per heavy atom. The molecule has 0 radical (unpaired) electrons. The summed E-state index contributed by atoms with van der Waals surface area (Å²) in [6.45, 7) is 6.66. The van der Waals surface area contributed by atoms with Crippen molar-refractivity contribution in [3.05, 3.63) is 101 Å². The van der Waals surface area contributed by atoms with Crippen LogP contribution in [0.2, 0.25) is 0 Å². The van der Waals surface area contributed by atoms with E-state index in [-0.39, 0.29) is 17.6 Å². The summed E-state index contributed by atoms with van der Waals surface area (Å²) in [4.78, 5) is 24.4. The normalized spacial score (nSPS) is 11.9. The van der Waals surface area contributed by atoms with Gasteiger partial charge in [-0.15, -0.1) is 0 Å². The first kappa shape index (κ1) is 25.1. The van der Waals surface area contributed by atoms with Crippen molar-refractivity contribution in [2.45, 2.75) is 45.8 Å². The van der Waals surface area contributed by atoms with Gasteiger partial charge in [0.05, 0.1) is 5.69 Å². The van der Waals surface area contributed by atoms with Gasteiger partial charge in [0.2, 0.25) is 5.95 Å². The number of nitrogens with zero attached hydrogens (tertiary/aromatic N) is 4. The van der Waals surface area contributed by atoms with Crippen molar-refractivity contribution in [1.82, 2.24) is 14.5 Å². The minimum absolute atomic E-state index is 0.00840. The minimum atomic E-state index is -0.00840. The molecule has 0 saturated carbocycles. The number of pyridine rings is 1. The third kappa shape index (κ3) is 5.80. The van der Waals surface area contributed by atoms with Gasteiger partial charge in [-0.3, -0.25) is 4.79 Å². The molecule has 2 aromatic heterocycles. The zero-order chi connectivity index (χ0) is 25.7. The Balaban J connectivity index is 1.59. The lowest BCUT2D eigenvalue weighted by Crippen LogP contribution is -2.25. The molecular formula is C29H34N6O. The average molecular weight is 483 g/mol. The summed E-state index contributed by atoms with van der Waals surface area (Å²) in [6, 6.07) is 22.0. The molecule has 186 valence electrons. The number of nitrogens with two attached hydrogens (primary N) is 1. The lowest BCUT2D eigenvalue weighted by atomic mass is 10.0. The maximum atomic E-state index is 13.2. The summed E-state index contributed by atoms with van der Waals surface area (Å²) in [5.41, 5.74) is 10.5. The Morgan fingerprint density at radius 1 is 1.00 bits per heavy atom. The van der Waals surface area contributed by atoms with E-state index in [9.17, 15) is 4.79 Å². The quantitative estimate of drug-likeness (QED) is 0.343. The summed E-state index contributed by atoms with van der Waals surface area (Å²) < 4.78 is 1.77. The highest BCUT2D eigenvalue weighted by molar-refractivity contribution is 5.70. The van der Waals surface area contributed by atoms with Gasteiger partial charge in [-0.05, 0) is 56.0 Å². The van der Waals surface area contributed by atoms with Gasteiger partial charge >= 0.3 is 0 Å². The van der Waals surface area contributed by atoms with Crippen LogP contribution in [0.5, 0.6) is 0 Å². The predicted molar refractivity (Wildman–Crippen MR) is 148 cm³/mol. The van der Waals surface area contributed by atoms with Crippen LogP contribution < -0.4 is 21.5 Å². The molecule has 4 aromatic rings. The lowest BCUT2D eigenvalue weighted by molar-refractivity contribution is 0.579. The van der Waals surface area contributed by atoms with Crippen LogP contribution in [-0.4, -0.2) is 27.6 Å². The molecule has 7 heteroatoms. The van der Waals surface area contributed by atoms with Crippen LogP contribution in [0, 0.1) is 0 Å². The third-order valence-corrected chi connectivity index (χ3v) is 6.19. The molecule has 0 spiro atoms. The number of anilines is 3. The fourth-order valence-corrected chi connectivity index (χ4v) is 4.22. The van der Waals surface area contributed by atoms with Crippen LogP contribution >= 0.6 is 0 Å². The summed E-state index contributed by atoms with van der Waals surface area (Å²) in [5.74, 6) is 1.29. The van der Waals surface area contributed by atoms with Gasteiger partial charge in [-0.1, -0.05) is 54.6 Å². The molecule has 0 aliphatic rings. The molecule has 36 heavy (non-hydrogen) atoms. The van der Waals surface area contributed by atoms with E-state index in [4.69, 9.17) is 10.7 Å². The van der Waals surface area contributed by atoms with E-state index in [0.29, 0.717) is 18.1 Å². The number of hydrogen-bond donors (Lipinski definition) is 2. The van der Waals surface area contributed by atoms with E-state index < -0.39 is 0 Å². The van der Waals surface area contributed by atoms with Crippen LogP contribution in [0.3, 0.4) is 0 Å². The molecule has 0 saturated heterocycles. The predicted octanol–water partition coefficient (Wildman–Crippen LogP) is 5.16.